The van der Waals surface area contributed by atoms with Crippen LogP contribution in [0.2, 0.25) is 5.02 Å². The van der Waals surface area contributed by atoms with Gasteiger partial charge in [0.2, 0.25) is 0 Å². The standard InChI is InChI=1S/C23H20O3S.C21H21ClO3S.C20H16O4.2C2H6/c1-2-14-27-19-8-5-6-17(15-19)10-12-21-20-9-4-3-7-18(20)11-13-22(21)26-16-23(24)25;1-4-11-26(24)20-9-5-15(2)17(13-20)6-7-18-12-19(22)8-10-21(18)25-14-16(3)23;21-16-6-3-4-14(12-16)8-10-18-17-7-2-1-5-15(17)9-11-19(18)24-13-20(22)23;2*1-2/h3-9,11,13,15H,2,14,16H2,1H3,(H,24,25);5,8-10,12-13,23H,3-4,11,14H2,1-2H3;1-2,5-7,9,11-12,21H,3-4,13H2,(H,22,23);2*1-2H3. The van der Waals surface area contributed by atoms with E-state index < -0.39 is 36.0 Å². The minimum absolute atomic E-state index is 0.0131. The third-order valence-electron chi connectivity index (χ3n) is 11.1. The highest BCUT2D eigenvalue weighted by Crippen LogP contribution is 2.30. The summed E-state index contributed by atoms with van der Waals surface area (Å²) in [6, 6.07) is 41.9. The Morgan fingerprint density at radius 1 is 0.642 bits per heavy atom. The van der Waals surface area contributed by atoms with Gasteiger partial charge in [0.25, 0.3) is 0 Å². The van der Waals surface area contributed by atoms with Crippen LogP contribution in [0.25, 0.3) is 21.5 Å². The molecule has 7 aromatic rings. The number of fused-ring (bicyclic) bond motifs is 2. The molecule has 1 unspecified atom stereocenters. The first-order valence-corrected chi connectivity index (χ1v) is 29.3. The van der Waals surface area contributed by atoms with Crippen molar-refractivity contribution in [1.29, 1.82) is 0 Å². The number of aliphatic hydroxyl groups is 2. The van der Waals surface area contributed by atoms with Gasteiger partial charge in [-0.05, 0) is 128 Å². The molecule has 1 aliphatic rings. The van der Waals surface area contributed by atoms with Crippen LogP contribution in [0.3, 0.4) is 0 Å². The lowest BCUT2D eigenvalue weighted by atomic mass is 10.0. The van der Waals surface area contributed by atoms with Gasteiger partial charge in [0.1, 0.15) is 35.4 Å². The Morgan fingerprint density at radius 2 is 1.22 bits per heavy atom. The quantitative estimate of drug-likeness (QED) is 0.0440. The summed E-state index contributed by atoms with van der Waals surface area (Å²) in [4.78, 5) is 23.6. The maximum absolute atomic E-state index is 12.2. The molecule has 0 fully saturated rings. The first-order chi connectivity index (χ1) is 39.2. The van der Waals surface area contributed by atoms with E-state index in [0.29, 0.717) is 44.7 Å². The molecule has 8 rings (SSSR count). The molecule has 0 amide bonds. The fraction of sp³-hybridized carbons (Fsp3) is 0.235. The molecule has 0 aromatic heterocycles. The second-order valence-electron chi connectivity index (χ2n) is 17.2. The number of hydrogen-bond donors (Lipinski definition) is 4. The number of carboxylic acids is 2. The summed E-state index contributed by atoms with van der Waals surface area (Å²) in [6.07, 6.45) is 6.92. The Hall–Kier alpha value is -8.31. The Morgan fingerprint density at radius 3 is 1.80 bits per heavy atom. The summed E-state index contributed by atoms with van der Waals surface area (Å²) < 4.78 is 28.6. The SMILES string of the molecule is C=C(O)COc1ccc(Cl)cc1C#Cc1cc(S(=O)CCC)ccc1C.CC.CC.CCCSc1cccc(C#Cc2c(OCC(=O)O)ccc3ccccc23)c1.O=C(O)COc1ccc2ccccc2c1C#CC1=CC(O)=CCC1. The largest absolute Gasteiger partial charge is 0.509 e. The molecule has 0 radical (unpaired) electrons. The van der Waals surface area contributed by atoms with Crippen molar-refractivity contribution in [2.45, 2.75) is 83.9 Å². The van der Waals surface area contributed by atoms with Crippen LogP contribution in [0.15, 0.2) is 179 Å². The van der Waals surface area contributed by atoms with Gasteiger partial charge in [-0.1, -0.05) is 168 Å². The van der Waals surface area contributed by atoms with Crippen molar-refractivity contribution in [3.05, 3.63) is 208 Å². The van der Waals surface area contributed by atoms with Crippen molar-refractivity contribution in [2.75, 3.05) is 31.3 Å². The predicted molar refractivity (Wildman–Crippen MR) is 333 cm³/mol. The first-order valence-electron chi connectivity index (χ1n) is 26.6. The maximum atomic E-state index is 12.2. The molecule has 4 N–H and O–H groups in total. The number of aliphatic hydroxyl groups excluding tert-OH is 2. The molecule has 420 valence electrons. The minimum atomic E-state index is -1.04. The number of ether oxygens (including phenoxy) is 3. The second kappa shape index (κ2) is 35.3. The zero-order valence-corrected chi connectivity index (χ0v) is 49.2. The smallest absolute Gasteiger partial charge is 0.341 e. The molecule has 0 saturated carbocycles. The molecule has 7 aromatic carbocycles. The number of rotatable bonds is 15. The number of carboxylic acid groups (broad SMARTS) is 2. The van der Waals surface area contributed by atoms with E-state index in [1.807, 2.05) is 144 Å². The van der Waals surface area contributed by atoms with Crippen LogP contribution in [0.4, 0.5) is 0 Å². The lowest BCUT2D eigenvalue weighted by Gasteiger charge is -2.09. The number of thioether (sulfide) groups is 1. The number of hydrogen-bond acceptors (Lipinski definition) is 9. The molecule has 0 bridgehead atoms. The van der Waals surface area contributed by atoms with E-state index >= 15 is 0 Å². The van der Waals surface area contributed by atoms with E-state index in [0.717, 1.165) is 80.1 Å². The van der Waals surface area contributed by atoms with E-state index in [1.165, 1.54) is 4.90 Å². The molecule has 0 saturated heterocycles. The number of benzene rings is 7. The third kappa shape index (κ3) is 21.7. The van der Waals surface area contributed by atoms with Gasteiger partial charge in [-0.3, -0.25) is 4.21 Å². The second-order valence-corrected chi connectivity index (χ2v) is 20.3. The average molecular weight is 1150 g/mol. The lowest BCUT2D eigenvalue weighted by molar-refractivity contribution is -0.140. The lowest BCUT2D eigenvalue weighted by Crippen LogP contribution is -2.10. The van der Waals surface area contributed by atoms with Gasteiger partial charge in [0.05, 0.1) is 27.5 Å². The summed E-state index contributed by atoms with van der Waals surface area (Å²) >= 11 is 7.88. The van der Waals surface area contributed by atoms with Crippen LogP contribution >= 0.6 is 23.4 Å². The zero-order valence-electron chi connectivity index (χ0n) is 46.9. The Labute approximate surface area is 489 Å². The van der Waals surface area contributed by atoms with E-state index in [-0.39, 0.29) is 18.1 Å². The van der Waals surface area contributed by atoms with Crippen molar-refractivity contribution in [3.8, 4) is 52.8 Å². The molecule has 13 heteroatoms. The number of carbonyl (C=O) groups is 2. The van der Waals surface area contributed by atoms with E-state index in [9.17, 15) is 24.0 Å². The van der Waals surface area contributed by atoms with E-state index in [4.69, 9.17) is 36.0 Å². The molecule has 1 atom stereocenters. The predicted octanol–water partition coefficient (Wildman–Crippen LogP) is 16.1. The van der Waals surface area contributed by atoms with Gasteiger partial charge in [-0.2, -0.15) is 0 Å². The van der Waals surface area contributed by atoms with Gasteiger partial charge in [-0.15, -0.1) is 11.8 Å². The van der Waals surface area contributed by atoms with Gasteiger partial charge in [0.15, 0.2) is 13.2 Å². The number of allylic oxidation sites excluding steroid dienone is 3. The zero-order chi connectivity index (χ0) is 59.1. The highest BCUT2D eigenvalue weighted by molar-refractivity contribution is 7.99. The molecule has 0 aliphatic heterocycles. The summed E-state index contributed by atoms with van der Waals surface area (Å²) in [6.45, 7) is 16.7. The van der Waals surface area contributed by atoms with Gasteiger partial charge in [-0.25, -0.2) is 9.59 Å². The van der Waals surface area contributed by atoms with Crippen molar-refractivity contribution in [2.24, 2.45) is 0 Å². The minimum Gasteiger partial charge on any atom is -0.509 e. The monoisotopic (exact) mass is 1140 g/mol. The van der Waals surface area contributed by atoms with Crippen LogP contribution in [0, 0.1) is 42.4 Å². The van der Waals surface area contributed by atoms with Gasteiger partial charge in [0, 0.05) is 48.0 Å². The third-order valence-corrected chi connectivity index (χ3v) is 14.1. The summed E-state index contributed by atoms with van der Waals surface area (Å²) in [5.41, 5.74) is 5.55. The Balaban J connectivity index is 0.000000254. The Kier molecular flexibility index (Phi) is 28.4. The Bertz CT molecular complexity index is 3570. The fourth-order valence-corrected chi connectivity index (χ4v) is 9.50. The van der Waals surface area contributed by atoms with Gasteiger partial charge >= 0.3 is 11.9 Å². The van der Waals surface area contributed by atoms with Crippen molar-refractivity contribution in [3.63, 3.8) is 0 Å². The van der Waals surface area contributed by atoms with E-state index in [2.05, 4.69) is 61.2 Å². The summed E-state index contributed by atoms with van der Waals surface area (Å²) in [5, 5.41) is 41.0. The van der Waals surface area contributed by atoms with Crippen LogP contribution in [-0.4, -0.2) is 67.9 Å². The van der Waals surface area contributed by atoms with Crippen molar-refractivity contribution in [1.82, 2.24) is 0 Å². The normalized spacial score (nSPS) is 11.2. The molecule has 10 nitrogen and oxygen atoms in total. The molecule has 1 aliphatic carbocycles. The number of aryl methyl sites for hydroxylation is 1. The van der Waals surface area contributed by atoms with Crippen LogP contribution < -0.4 is 14.2 Å². The molecule has 0 heterocycles. The topological polar surface area (TPSA) is 160 Å². The highest BCUT2D eigenvalue weighted by atomic mass is 35.5. The molecular weight excluding hydrogens is 1080 g/mol. The van der Waals surface area contributed by atoms with Crippen LogP contribution in [0.5, 0.6) is 17.2 Å². The van der Waals surface area contributed by atoms with Gasteiger partial charge < -0.3 is 34.6 Å². The van der Waals surface area contributed by atoms with Crippen molar-refractivity contribution >= 4 is 67.6 Å². The molecule has 0 spiro atoms. The summed E-state index contributed by atoms with van der Waals surface area (Å²) in [5.74, 6) is 20.0. The number of aliphatic carboxylic acids is 2. The average Bonchev–Trinajstić information content (AvgIpc) is 3.52. The fourth-order valence-electron chi connectivity index (χ4n) is 7.43. The number of halogens is 1. The summed E-state index contributed by atoms with van der Waals surface area (Å²) in [7, 11) is -1.02. The van der Waals surface area contributed by atoms with Crippen molar-refractivity contribution < 1.29 is 48.4 Å². The maximum Gasteiger partial charge on any atom is 0.341 e. The molecular formula is C68H69ClO10S2. The van der Waals surface area contributed by atoms with Crippen LogP contribution in [0.1, 0.15) is 101 Å². The van der Waals surface area contributed by atoms with E-state index in [1.54, 1.807) is 42.5 Å². The molecule has 81 heavy (non-hydrogen) atoms. The first kappa shape index (κ1) is 65.2. The van der Waals surface area contributed by atoms with Crippen LogP contribution in [-0.2, 0) is 20.4 Å². The highest BCUT2D eigenvalue weighted by Gasteiger charge is 2.12.